The highest BCUT2D eigenvalue weighted by molar-refractivity contribution is 6.04. The van der Waals surface area contributed by atoms with Gasteiger partial charge in [-0.1, -0.05) is 0 Å². The number of halogens is 2. The Kier molecular flexibility index (Phi) is 7.27. The van der Waals surface area contributed by atoms with Crippen molar-refractivity contribution in [2.75, 3.05) is 5.32 Å². The van der Waals surface area contributed by atoms with Crippen LogP contribution < -0.4 is 15.6 Å². The summed E-state index contributed by atoms with van der Waals surface area (Å²) in [6.45, 7) is 1.68. The number of benzene rings is 2. The number of carbonyl (C=O) groups excluding carboxylic acids is 1. The van der Waals surface area contributed by atoms with Crippen LogP contribution in [0.4, 0.5) is 14.5 Å². The molecule has 0 saturated carbocycles. The van der Waals surface area contributed by atoms with Crippen molar-refractivity contribution >= 4 is 17.8 Å². The van der Waals surface area contributed by atoms with Crippen LogP contribution in [0.2, 0.25) is 0 Å². The molecule has 0 unspecified atom stereocenters. The van der Waals surface area contributed by atoms with Gasteiger partial charge in [-0.25, -0.2) is 13.8 Å². The van der Waals surface area contributed by atoms with E-state index < -0.39 is 23.1 Å². The maximum Gasteiger partial charge on any atom is 0.268 e. The number of carbonyl (C=O) groups is 1. The summed E-state index contributed by atoms with van der Waals surface area (Å²) >= 11 is 0. The minimum absolute atomic E-state index is 0.0922. The zero-order chi connectivity index (χ0) is 28.2. The Morgan fingerprint density at radius 3 is 2.58 bits per heavy atom. The molecule has 0 aliphatic rings. The van der Waals surface area contributed by atoms with E-state index in [9.17, 15) is 14.0 Å². The Labute approximate surface area is 226 Å². The molecule has 0 atom stereocenters. The van der Waals surface area contributed by atoms with Crippen LogP contribution in [0, 0.1) is 24.0 Å². The second kappa shape index (κ2) is 11.1. The van der Waals surface area contributed by atoms with Crippen molar-refractivity contribution in [2.45, 2.75) is 13.3 Å². The minimum Gasteiger partial charge on any atom is -0.452 e. The molecule has 0 bridgehead atoms. The number of aryl methyl sites for hydroxylation is 1. The highest BCUT2D eigenvalue weighted by Crippen LogP contribution is 2.31. The van der Waals surface area contributed by atoms with E-state index in [0.29, 0.717) is 28.5 Å². The fourth-order valence-electron chi connectivity index (χ4n) is 3.99. The predicted molar refractivity (Wildman–Crippen MR) is 143 cm³/mol. The van der Waals surface area contributed by atoms with Crippen molar-refractivity contribution in [3.8, 4) is 28.6 Å². The summed E-state index contributed by atoms with van der Waals surface area (Å²) in [6.07, 6.45) is 5.69. The smallest absolute Gasteiger partial charge is 0.268 e. The number of nitrogens with one attached hydrogen (secondary N) is 2. The number of anilines is 1. The lowest BCUT2D eigenvalue weighted by Crippen LogP contribution is -2.29. The van der Waals surface area contributed by atoms with E-state index in [1.807, 2.05) is 0 Å². The molecule has 200 valence electrons. The van der Waals surface area contributed by atoms with Gasteiger partial charge >= 0.3 is 0 Å². The van der Waals surface area contributed by atoms with Gasteiger partial charge in [0.1, 0.15) is 23.4 Å². The minimum atomic E-state index is -0.784. The molecule has 2 aromatic carbocycles. The lowest BCUT2D eigenvalue weighted by Gasteiger charge is -2.13. The Balaban J connectivity index is 1.38. The number of amides is 1. The molecule has 0 aliphatic heterocycles. The van der Waals surface area contributed by atoms with E-state index >= 15 is 4.39 Å². The maximum absolute atomic E-state index is 15.1. The number of ether oxygens (including phenoxy) is 1. The zero-order valence-electron chi connectivity index (χ0n) is 21.0. The van der Waals surface area contributed by atoms with Gasteiger partial charge in [0.05, 0.1) is 17.5 Å². The fraction of sp³-hybridized carbons (Fsp3) is 0.0690. The first-order valence-corrected chi connectivity index (χ1v) is 12.0. The van der Waals surface area contributed by atoms with E-state index in [0.717, 1.165) is 12.3 Å². The quantitative estimate of drug-likeness (QED) is 0.243. The molecule has 0 aliphatic carbocycles. The fourth-order valence-corrected chi connectivity index (χ4v) is 3.99. The summed E-state index contributed by atoms with van der Waals surface area (Å²) < 4.78 is 40.8. The van der Waals surface area contributed by atoms with Crippen LogP contribution in [0.15, 0.2) is 88.5 Å². The van der Waals surface area contributed by atoms with Gasteiger partial charge in [-0.15, -0.1) is 0 Å². The molecule has 0 fully saturated rings. The second-order valence-electron chi connectivity index (χ2n) is 8.62. The summed E-state index contributed by atoms with van der Waals surface area (Å²) in [4.78, 5) is 34.4. The molecule has 0 spiro atoms. The summed E-state index contributed by atoms with van der Waals surface area (Å²) in [5.41, 5.74) is 1.15. The Morgan fingerprint density at radius 1 is 1.07 bits per heavy atom. The number of aromatic nitrogens is 3. The van der Waals surface area contributed by atoms with Gasteiger partial charge in [-0.05, 0) is 61.5 Å². The second-order valence-corrected chi connectivity index (χ2v) is 8.62. The molecule has 0 saturated heterocycles. The van der Waals surface area contributed by atoms with Crippen LogP contribution in [0.1, 0.15) is 21.7 Å². The van der Waals surface area contributed by atoms with Crippen molar-refractivity contribution in [2.24, 2.45) is 0 Å². The van der Waals surface area contributed by atoms with E-state index in [1.54, 1.807) is 19.1 Å². The normalized spacial score (nSPS) is 10.8. The van der Waals surface area contributed by atoms with E-state index in [2.05, 4.69) is 15.3 Å². The molecule has 9 nitrogen and oxygen atoms in total. The van der Waals surface area contributed by atoms with E-state index in [1.165, 1.54) is 65.7 Å². The summed E-state index contributed by atoms with van der Waals surface area (Å²) in [6, 6.07) is 13.6. The molecule has 0 radical (unpaired) electrons. The molecule has 1 amide bonds. The predicted octanol–water partition coefficient (Wildman–Crippen LogP) is 5.71. The molecule has 3 aromatic heterocycles. The van der Waals surface area contributed by atoms with Gasteiger partial charge in [0.15, 0.2) is 11.6 Å². The van der Waals surface area contributed by atoms with Gasteiger partial charge in [0, 0.05) is 42.0 Å². The van der Waals surface area contributed by atoms with Crippen LogP contribution in [0.5, 0.6) is 11.5 Å². The van der Waals surface area contributed by atoms with Gasteiger partial charge in [-0.3, -0.25) is 19.1 Å². The third-order valence-electron chi connectivity index (χ3n) is 5.92. The number of hydrogen-bond acceptors (Lipinski definition) is 7. The molecule has 3 heterocycles. The molecular weight excluding hydrogens is 520 g/mol. The van der Waals surface area contributed by atoms with Gasteiger partial charge in [-0.2, -0.15) is 0 Å². The molecule has 2 N–H and O–H groups in total. The Bertz CT molecular complexity index is 1770. The first kappa shape index (κ1) is 26.2. The number of nitrogens with zero attached hydrogens (tertiary/aromatic N) is 3. The van der Waals surface area contributed by atoms with Crippen molar-refractivity contribution in [1.29, 1.82) is 5.41 Å². The largest absolute Gasteiger partial charge is 0.452 e. The standard InChI is InChI=1S/C29H21F2N5O4/c1-17-2-8-22(29(38)36(17)21-6-3-19(30)4-7-21)27(37)35-20-5-9-25(23(31)15-20)40-26-14-18(28-33-12-13-39-28)16-34-24(26)10-11-32/h2-9,11-16,32H,10H2,1H3,(H,35,37). The molecule has 40 heavy (non-hydrogen) atoms. The third kappa shape index (κ3) is 5.39. The Morgan fingerprint density at radius 2 is 1.88 bits per heavy atom. The Hall–Kier alpha value is -5.45. The summed E-state index contributed by atoms with van der Waals surface area (Å²) in [5, 5.41) is 9.94. The van der Waals surface area contributed by atoms with Crippen LogP contribution in [0.3, 0.4) is 0 Å². The van der Waals surface area contributed by atoms with Crippen molar-refractivity contribution in [3.63, 3.8) is 0 Å². The molecule has 11 heteroatoms. The third-order valence-corrected chi connectivity index (χ3v) is 5.92. The van der Waals surface area contributed by atoms with Crippen molar-refractivity contribution in [3.05, 3.63) is 118 Å². The van der Waals surface area contributed by atoms with Gasteiger partial charge in [0.2, 0.25) is 5.89 Å². The number of hydrogen-bond donors (Lipinski definition) is 2. The molecule has 5 rings (SSSR count). The van der Waals surface area contributed by atoms with E-state index in [-0.39, 0.29) is 29.2 Å². The first-order valence-electron chi connectivity index (χ1n) is 12.0. The highest BCUT2D eigenvalue weighted by atomic mass is 19.1. The molecule has 5 aromatic rings. The van der Waals surface area contributed by atoms with Crippen LogP contribution in [0.25, 0.3) is 17.1 Å². The lowest BCUT2D eigenvalue weighted by atomic mass is 10.2. The monoisotopic (exact) mass is 541 g/mol. The summed E-state index contributed by atoms with van der Waals surface area (Å²) in [7, 11) is 0. The van der Waals surface area contributed by atoms with Crippen LogP contribution in [-0.4, -0.2) is 26.7 Å². The topological polar surface area (TPSA) is 123 Å². The molecular formula is C29H21F2N5O4. The van der Waals surface area contributed by atoms with Crippen LogP contribution in [-0.2, 0) is 6.42 Å². The maximum atomic E-state index is 15.1. The lowest BCUT2D eigenvalue weighted by molar-refractivity contribution is 0.102. The average molecular weight is 542 g/mol. The van der Waals surface area contributed by atoms with Gasteiger partial charge in [0.25, 0.3) is 11.5 Å². The van der Waals surface area contributed by atoms with Gasteiger partial charge < -0.3 is 19.9 Å². The first-order chi connectivity index (χ1) is 19.3. The van der Waals surface area contributed by atoms with Crippen molar-refractivity contribution < 1.29 is 22.7 Å². The number of pyridine rings is 2. The number of oxazole rings is 1. The number of rotatable bonds is 8. The zero-order valence-corrected chi connectivity index (χ0v) is 21.0. The van der Waals surface area contributed by atoms with E-state index in [4.69, 9.17) is 14.6 Å². The van der Waals surface area contributed by atoms with Crippen LogP contribution >= 0.6 is 0 Å². The average Bonchev–Trinajstić information content (AvgIpc) is 3.47. The SMILES string of the molecule is Cc1ccc(C(=O)Nc2ccc(Oc3cc(-c4ncco4)cnc3CC=N)c(F)c2)c(=O)n1-c1ccc(F)cc1. The highest BCUT2D eigenvalue weighted by Gasteiger charge is 2.17. The van der Waals surface area contributed by atoms with Crippen molar-refractivity contribution in [1.82, 2.24) is 14.5 Å². The summed E-state index contributed by atoms with van der Waals surface area (Å²) in [5.74, 6) is -1.63.